The molecule has 1 unspecified atom stereocenters. The van der Waals surface area contributed by atoms with Gasteiger partial charge in [-0.1, -0.05) is 0 Å². The van der Waals surface area contributed by atoms with E-state index in [2.05, 4.69) is 20.7 Å². The fourth-order valence-corrected chi connectivity index (χ4v) is 2.70. The highest BCUT2D eigenvalue weighted by Gasteiger charge is 2.34. The minimum atomic E-state index is -0.732. The number of urea groups is 1. The van der Waals surface area contributed by atoms with Crippen LogP contribution in [0.4, 0.5) is 4.79 Å². The smallest absolute Gasteiger partial charge is 0.337 e. The fraction of sp³-hybridized carbons (Fsp3) is 0.600. The van der Waals surface area contributed by atoms with Gasteiger partial charge in [0.15, 0.2) is 0 Å². The van der Waals surface area contributed by atoms with Crippen LogP contribution in [0.2, 0.25) is 0 Å². The number of carbonyl (C=O) groups excluding carboxylic acids is 4. The van der Waals surface area contributed by atoms with Gasteiger partial charge in [0, 0.05) is 25.3 Å². The van der Waals surface area contributed by atoms with Gasteiger partial charge in [0.2, 0.25) is 5.91 Å². The molecule has 0 aliphatic carbocycles. The molecule has 3 N–H and O–H groups in total. The summed E-state index contributed by atoms with van der Waals surface area (Å²) in [7, 11) is 1.25. The van der Waals surface area contributed by atoms with E-state index in [0.717, 1.165) is 0 Å². The zero-order valence-electron chi connectivity index (χ0n) is 14.2. The third-order valence-corrected chi connectivity index (χ3v) is 3.97. The Bertz CT molecular complexity index is 603. The summed E-state index contributed by atoms with van der Waals surface area (Å²) < 4.78 is 9.64. The van der Waals surface area contributed by atoms with Crippen LogP contribution in [0.3, 0.4) is 0 Å². The van der Waals surface area contributed by atoms with Crippen molar-refractivity contribution >= 4 is 23.9 Å². The fourth-order valence-electron chi connectivity index (χ4n) is 2.70. The van der Waals surface area contributed by atoms with Gasteiger partial charge < -0.3 is 25.4 Å². The second-order valence-corrected chi connectivity index (χ2v) is 5.54. The normalized spacial score (nSPS) is 21.1. The molecule has 2 heterocycles. The van der Waals surface area contributed by atoms with E-state index in [-0.39, 0.29) is 32.0 Å². The zero-order chi connectivity index (χ0) is 18.4. The molecule has 0 radical (unpaired) electrons. The molecule has 2 aliphatic rings. The lowest BCUT2D eigenvalue weighted by Crippen LogP contribution is -2.58. The highest BCUT2D eigenvalue weighted by molar-refractivity contribution is 5.94. The van der Waals surface area contributed by atoms with Crippen molar-refractivity contribution in [3.63, 3.8) is 0 Å². The van der Waals surface area contributed by atoms with E-state index in [4.69, 9.17) is 4.74 Å². The molecule has 1 atom stereocenters. The van der Waals surface area contributed by atoms with Crippen molar-refractivity contribution < 1.29 is 28.7 Å². The zero-order valence-corrected chi connectivity index (χ0v) is 14.2. The van der Waals surface area contributed by atoms with Crippen molar-refractivity contribution in [1.29, 1.82) is 0 Å². The Kier molecular flexibility index (Phi) is 6.34. The largest absolute Gasteiger partial charge is 0.469 e. The first-order valence-electron chi connectivity index (χ1n) is 7.98. The van der Waals surface area contributed by atoms with Crippen molar-refractivity contribution in [1.82, 2.24) is 20.9 Å². The molecule has 0 saturated carbocycles. The molecular formula is C15H22N4O6. The third-order valence-electron chi connectivity index (χ3n) is 3.97. The molecule has 10 nitrogen and oxygen atoms in total. The van der Waals surface area contributed by atoms with Crippen LogP contribution in [0.25, 0.3) is 0 Å². The van der Waals surface area contributed by atoms with E-state index in [1.807, 2.05) is 0 Å². The molecule has 1 fully saturated rings. The van der Waals surface area contributed by atoms with Gasteiger partial charge in [-0.05, 0) is 6.92 Å². The van der Waals surface area contributed by atoms with Crippen LogP contribution in [-0.4, -0.2) is 74.7 Å². The minimum absolute atomic E-state index is 0.0434. The molecule has 0 aromatic rings. The third kappa shape index (κ3) is 4.69. The number of piperazine rings is 1. The number of ether oxygens (including phenoxy) is 2. The van der Waals surface area contributed by atoms with E-state index in [1.165, 1.54) is 7.11 Å². The van der Waals surface area contributed by atoms with Crippen molar-refractivity contribution in [2.24, 2.45) is 0 Å². The quantitative estimate of drug-likeness (QED) is 0.495. The topological polar surface area (TPSA) is 126 Å². The Balaban J connectivity index is 2.21. The summed E-state index contributed by atoms with van der Waals surface area (Å²) in [5, 5.41) is 7.81. The van der Waals surface area contributed by atoms with Crippen LogP contribution in [0.1, 0.15) is 13.3 Å². The number of hydrogen-bond donors (Lipinski definition) is 3. The van der Waals surface area contributed by atoms with Gasteiger partial charge in [-0.25, -0.2) is 9.59 Å². The van der Waals surface area contributed by atoms with Crippen LogP contribution in [-0.2, 0) is 23.9 Å². The maximum Gasteiger partial charge on any atom is 0.337 e. The molecule has 0 aromatic heterocycles. The predicted molar refractivity (Wildman–Crippen MR) is 85.2 cm³/mol. The Hall–Kier alpha value is -2.62. The molecule has 10 heteroatoms. The second kappa shape index (κ2) is 8.47. The highest BCUT2D eigenvalue weighted by Crippen LogP contribution is 2.15. The minimum Gasteiger partial charge on any atom is -0.469 e. The van der Waals surface area contributed by atoms with Gasteiger partial charge in [0.25, 0.3) is 0 Å². The number of methoxy groups -OCH3 is 1. The highest BCUT2D eigenvalue weighted by atomic mass is 16.5. The first-order chi connectivity index (χ1) is 12.0. The number of hydrogen-bond acceptors (Lipinski definition) is 7. The van der Waals surface area contributed by atoms with Gasteiger partial charge in [-0.3, -0.25) is 14.5 Å². The van der Waals surface area contributed by atoms with Crippen LogP contribution in [0, 0.1) is 0 Å². The molecule has 25 heavy (non-hydrogen) atoms. The summed E-state index contributed by atoms with van der Waals surface area (Å²) in [6, 6.07) is -1.17. The Morgan fingerprint density at radius 1 is 1.28 bits per heavy atom. The average Bonchev–Trinajstić information content (AvgIpc) is 2.58. The Morgan fingerprint density at radius 2 is 2.04 bits per heavy atom. The molecule has 0 spiro atoms. The molecule has 0 bridgehead atoms. The van der Waals surface area contributed by atoms with Crippen molar-refractivity contribution in [3.8, 4) is 0 Å². The van der Waals surface area contributed by atoms with Gasteiger partial charge in [0.1, 0.15) is 6.04 Å². The van der Waals surface area contributed by atoms with Crippen molar-refractivity contribution in [3.05, 3.63) is 11.3 Å². The summed E-state index contributed by atoms with van der Waals surface area (Å²) in [6.45, 7) is 2.95. The van der Waals surface area contributed by atoms with Crippen molar-refractivity contribution in [2.45, 2.75) is 19.4 Å². The average molecular weight is 354 g/mol. The number of amides is 3. The maximum atomic E-state index is 12.1. The molecule has 2 aliphatic heterocycles. The van der Waals surface area contributed by atoms with Crippen LogP contribution in [0.5, 0.6) is 0 Å². The van der Waals surface area contributed by atoms with Gasteiger partial charge >= 0.3 is 18.0 Å². The van der Waals surface area contributed by atoms with E-state index in [0.29, 0.717) is 24.4 Å². The lowest BCUT2D eigenvalue weighted by molar-refractivity contribution is -0.145. The summed E-state index contributed by atoms with van der Waals surface area (Å²) in [6.07, 6.45) is -0.115. The number of nitrogens with zero attached hydrogens (tertiary/aromatic N) is 1. The van der Waals surface area contributed by atoms with E-state index < -0.39 is 24.0 Å². The molecular weight excluding hydrogens is 332 g/mol. The standard InChI is InChI=1S/C15H22N4O6/c1-3-25-14(22)9-7-17-15(23)18-10(9)8-19-5-4-16-13(21)11(19)6-12(20)24-2/h11H,3-8H2,1-2H3,(H,16,21)(H2,17,18,23). The van der Waals surface area contributed by atoms with Gasteiger partial charge in [-0.15, -0.1) is 0 Å². The number of esters is 2. The van der Waals surface area contributed by atoms with Crippen LogP contribution >= 0.6 is 0 Å². The van der Waals surface area contributed by atoms with Gasteiger partial charge in [-0.2, -0.15) is 0 Å². The maximum absolute atomic E-state index is 12.1. The Morgan fingerprint density at radius 3 is 2.72 bits per heavy atom. The summed E-state index contributed by atoms with van der Waals surface area (Å²) >= 11 is 0. The summed E-state index contributed by atoms with van der Waals surface area (Å²) in [5.41, 5.74) is 0.663. The molecule has 138 valence electrons. The van der Waals surface area contributed by atoms with Gasteiger partial charge in [0.05, 0.1) is 32.3 Å². The lowest BCUT2D eigenvalue weighted by Gasteiger charge is -2.36. The number of carbonyl (C=O) groups is 4. The lowest BCUT2D eigenvalue weighted by atomic mass is 10.1. The first kappa shape index (κ1) is 18.7. The second-order valence-electron chi connectivity index (χ2n) is 5.54. The van der Waals surface area contributed by atoms with Crippen LogP contribution in [0.15, 0.2) is 11.3 Å². The predicted octanol–water partition coefficient (Wildman–Crippen LogP) is -1.52. The summed E-state index contributed by atoms with van der Waals surface area (Å²) in [5.74, 6) is -1.34. The molecule has 0 aromatic carbocycles. The van der Waals surface area contributed by atoms with E-state index >= 15 is 0 Å². The first-order valence-corrected chi connectivity index (χ1v) is 7.98. The molecule has 1 saturated heterocycles. The van der Waals surface area contributed by atoms with Crippen LogP contribution < -0.4 is 16.0 Å². The molecule has 2 rings (SSSR count). The number of nitrogens with one attached hydrogen (secondary N) is 3. The van der Waals surface area contributed by atoms with E-state index in [1.54, 1.807) is 11.8 Å². The van der Waals surface area contributed by atoms with E-state index in [9.17, 15) is 19.2 Å². The summed E-state index contributed by atoms with van der Waals surface area (Å²) in [4.78, 5) is 49.1. The SMILES string of the molecule is CCOC(=O)C1=C(CN2CCNC(=O)C2CC(=O)OC)NC(=O)NC1. The van der Waals surface area contributed by atoms with Crippen molar-refractivity contribution in [2.75, 3.05) is 39.9 Å². The Labute approximate surface area is 144 Å². The number of rotatable bonds is 6. The monoisotopic (exact) mass is 354 g/mol. The molecule has 3 amide bonds.